The van der Waals surface area contributed by atoms with Gasteiger partial charge in [-0.2, -0.15) is 0 Å². The molecule has 0 unspecified atom stereocenters. The van der Waals surface area contributed by atoms with Gasteiger partial charge in [-0.05, 0) is 53.8 Å². The van der Waals surface area contributed by atoms with E-state index >= 15 is 0 Å². The molecule has 3 atom stereocenters. The largest absolute Gasteiger partial charge is 0.497 e. The topological polar surface area (TPSA) is 57.0 Å². The van der Waals surface area contributed by atoms with Gasteiger partial charge in [-0.3, -0.25) is 4.90 Å². The summed E-state index contributed by atoms with van der Waals surface area (Å²) in [7, 11) is 5.09. The third kappa shape index (κ3) is 3.26. The van der Waals surface area contributed by atoms with E-state index in [1.807, 2.05) is 6.07 Å². The highest BCUT2D eigenvalue weighted by Gasteiger charge is 2.38. The van der Waals surface area contributed by atoms with Gasteiger partial charge < -0.3 is 19.9 Å². The molecular weight excluding hydrogens is 340 g/mol. The Morgan fingerprint density at radius 3 is 2.52 bits per heavy atom. The number of ether oxygens (including phenoxy) is 3. The van der Waals surface area contributed by atoms with Crippen LogP contribution in [0.2, 0.25) is 0 Å². The van der Waals surface area contributed by atoms with E-state index in [1.165, 1.54) is 16.7 Å². The van der Waals surface area contributed by atoms with Gasteiger partial charge in [0.15, 0.2) is 11.5 Å². The number of nitrogens with zero attached hydrogens (tertiary/aromatic N) is 1. The summed E-state index contributed by atoms with van der Waals surface area (Å²) in [5.41, 5.74) is 10.6. The summed E-state index contributed by atoms with van der Waals surface area (Å²) < 4.78 is 16.4. The van der Waals surface area contributed by atoms with Crippen LogP contribution in [-0.2, 0) is 6.42 Å². The lowest BCUT2D eigenvalue weighted by Gasteiger charge is -2.46. The van der Waals surface area contributed by atoms with Gasteiger partial charge in [-0.15, -0.1) is 0 Å². The lowest BCUT2D eigenvalue weighted by atomic mass is 9.78. The van der Waals surface area contributed by atoms with Crippen LogP contribution >= 0.6 is 0 Å². The fourth-order valence-corrected chi connectivity index (χ4v) is 4.61. The van der Waals surface area contributed by atoms with Gasteiger partial charge in [0, 0.05) is 31.1 Å². The van der Waals surface area contributed by atoms with Gasteiger partial charge >= 0.3 is 0 Å². The molecule has 0 spiro atoms. The number of hydrogen-bond acceptors (Lipinski definition) is 5. The lowest BCUT2D eigenvalue weighted by Crippen LogP contribution is -2.49. The molecule has 0 aromatic heterocycles. The van der Waals surface area contributed by atoms with Crippen molar-refractivity contribution in [3.8, 4) is 17.2 Å². The average Bonchev–Trinajstić information content (AvgIpc) is 2.72. The Kier molecular flexibility index (Phi) is 4.98. The zero-order valence-corrected chi connectivity index (χ0v) is 16.3. The van der Waals surface area contributed by atoms with E-state index in [0.29, 0.717) is 12.0 Å². The van der Waals surface area contributed by atoms with Crippen molar-refractivity contribution < 1.29 is 14.2 Å². The normalized spacial score (nSPS) is 24.7. The SMILES string of the molecule is COc1cccc([C@@H]2CN3CCc4cc(OC)c(OC)cc4[C@H]3C[C@H]2N)c1. The number of hydrogen-bond donors (Lipinski definition) is 1. The molecule has 0 aliphatic carbocycles. The summed E-state index contributed by atoms with van der Waals surface area (Å²) in [6, 6.07) is 13.0. The van der Waals surface area contributed by atoms with Crippen LogP contribution in [-0.4, -0.2) is 45.4 Å². The average molecular weight is 368 g/mol. The van der Waals surface area contributed by atoms with Crippen LogP contribution in [0.5, 0.6) is 17.2 Å². The molecule has 1 fully saturated rings. The fraction of sp³-hybridized carbons (Fsp3) is 0.455. The van der Waals surface area contributed by atoms with Gasteiger partial charge in [0.1, 0.15) is 5.75 Å². The van der Waals surface area contributed by atoms with Crippen molar-refractivity contribution >= 4 is 0 Å². The van der Waals surface area contributed by atoms with E-state index < -0.39 is 0 Å². The first-order valence-electron chi connectivity index (χ1n) is 9.53. The first-order chi connectivity index (χ1) is 13.1. The Labute approximate surface area is 161 Å². The van der Waals surface area contributed by atoms with Crippen LogP contribution in [0.1, 0.15) is 35.1 Å². The third-order valence-corrected chi connectivity index (χ3v) is 6.08. The van der Waals surface area contributed by atoms with Crippen molar-refractivity contribution in [2.75, 3.05) is 34.4 Å². The summed E-state index contributed by atoms with van der Waals surface area (Å²) in [6.07, 6.45) is 1.95. The molecular formula is C22H28N2O3. The molecule has 2 aromatic rings. The number of benzene rings is 2. The molecule has 0 saturated carbocycles. The third-order valence-electron chi connectivity index (χ3n) is 6.08. The van der Waals surface area contributed by atoms with Gasteiger partial charge in [0.05, 0.1) is 21.3 Å². The molecule has 2 aromatic carbocycles. The molecule has 2 aliphatic heterocycles. The van der Waals surface area contributed by atoms with Gasteiger partial charge in [-0.1, -0.05) is 12.1 Å². The summed E-state index contributed by atoms with van der Waals surface area (Å²) >= 11 is 0. The van der Waals surface area contributed by atoms with Crippen LogP contribution in [0.25, 0.3) is 0 Å². The van der Waals surface area contributed by atoms with Crippen LogP contribution in [0.3, 0.4) is 0 Å². The Morgan fingerprint density at radius 2 is 1.78 bits per heavy atom. The summed E-state index contributed by atoms with van der Waals surface area (Å²) in [5.74, 6) is 2.81. The molecule has 0 amide bonds. The zero-order chi connectivity index (χ0) is 19.0. The molecule has 4 rings (SSSR count). The van der Waals surface area contributed by atoms with Gasteiger partial charge in [0.25, 0.3) is 0 Å². The van der Waals surface area contributed by atoms with Crippen molar-refractivity contribution in [1.82, 2.24) is 4.90 Å². The number of rotatable bonds is 4. The molecule has 27 heavy (non-hydrogen) atoms. The smallest absolute Gasteiger partial charge is 0.161 e. The van der Waals surface area contributed by atoms with Crippen LogP contribution in [0.4, 0.5) is 0 Å². The van der Waals surface area contributed by atoms with E-state index in [4.69, 9.17) is 19.9 Å². The molecule has 1 saturated heterocycles. The molecule has 2 aliphatic rings. The number of piperidine rings is 1. The van der Waals surface area contributed by atoms with Gasteiger partial charge in [-0.25, -0.2) is 0 Å². The van der Waals surface area contributed by atoms with Crippen molar-refractivity contribution in [3.63, 3.8) is 0 Å². The highest BCUT2D eigenvalue weighted by Crippen LogP contribution is 2.44. The number of methoxy groups -OCH3 is 3. The van der Waals surface area contributed by atoms with Crippen molar-refractivity contribution in [2.24, 2.45) is 5.73 Å². The molecule has 5 heteroatoms. The summed E-state index contributed by atoms with van der Waals surface area (Å²) in [4.78, 5) is 2.57. The van der Waals surface area contributed by atoms with E-state index in [2.05, 4.69) is 35.2 Å². The van der Waals surface area contributed by atoms with Crippen LogP contribution < -0.4 is 19.9 Å². The minimum atomic E-state index is 0.109. The minimum Gasteiger partial charge on any atom is -0.497 e. The highest BCUT2D eigenvalue weighted by molar-refractivity contribution is 5.50. The summed E-state index contributed by atoms with van der Waals surface area (Å²) in [5, 5.41) is 0. The van der Waals surface area contributed by atoms with Crippen molar-refractivity contribution in [1.29, 1.82) is 0 Å². The van der Waals surface area contributed by atoms with E-state index in [0.717, 1.165) is 43.2 Å². The summed E-state index contributed by atoms with van der Waals surface area (Å²) in [6.45, 7) is 2.01. The molecule has 0 radical (unpaired) electrons. The highest BCUT2D eigenvalue weighted by atomic mass is 16.5. The quantitative estimate of drug-likeness (QED) is 0.899. The van der Waals surface area contributed by atoms with E-state index in [-0.39, 0.29) is 6.04 Å². The molecule has 2 N–H and O–H groups in total. The predicted molar refractivity (Wildman–Crippen MR) is 106 cm³/mol. The maximum absolute atomic E-state index is 6.67. The Hall–Kier alpha value is -2.24. The minimum absolute atomic E-state index is 0.109. The van der Waals surface area contributed by atoms with E-state index in [9.17, 15) is 0 Å². The second-order valence-corrected chi connectivity index (χ2v) is 7.45. The second kappa shape index (κ2) is 7.41. The maximum atomic E-state index is 6.67. The monoisotopic (exact) mass is 368 g/mol. The fourth-order valence-electron chi connectivity index (χ4n) is 4.61. The molecule has 2 heterocycles. The van der Waals surface area contributed by atoms with Gasteiger partial charge in [0.2, 0.25) is 0 Å². The standard InChI is InChI=1S/C22H28N2O3/c1-25-16-6-4-5-14(9-16)18-13-24-8-7-15-10-21(26-2)22(27-3)11-17(15)20(24)12-19(18)23/h4-6,9-11,18-20H,7-8,12-13,23H2,1-3H3/t18-,19+,20+/m0/s1. The second-order valence-electron chi connectivity index (χ2n) is 7.45. The first kappa shape index (κ1) is 18.1. The van der Waals surface area contributed by atoms with Crippen LogP contribution in [0.15, 0.2) is 36.4 Å². The van der Waals surface area contributed by atoms with Crippen molar-refractivity contribution in [2.45, 2.75) is 30.8 Å². The van der Waals surface area contributed by atoms with Crippen LogP contribution in [0, 0.1) is 0 Å². The number of fused-ring (bicyclic) bond motifs is 3. The van der Waals surface area contributed by atoms with Crippen molar-refractivity contribution in [3.05, 3.63) is 53.1 Å². The maximum Gasteiger partial charge on any atom is 0.161 e. The number of nitrogens with two attached hydrogens (primary N) is 1. The first-order valence-corrected chi connectivity index (χ1v) is 9.53. The zero-order valence-electron chi connectivity index (χ0n) is 16.3. The van der Waals surface area contributed by atoms with E-state index in [1.54, 1.807) is 21.3 Å². The Bertz CT molecular complexity index is 823. The lowest BCUT2D eigenvalue weighted by molar-refractivity contribution is 0.109. The molecule has 5 nitrogen and oxygen atoms in total. The molecule has 144 valence electrons. The Morgan fingerprint density at radius 1 is 1.00 bits per heavy atom. The molecule has 0 bridgehead atoms. The Balaban J connectivity index is 1.63. The predicted octanol–water partition coefficient (Wildman–Crippen LogP) is 3.13.